The number of amides is 1. The smallest absolute Gasteiger partial charge is 0.229 e. The van der Waals surface area contributed by atoms with Gasteiger partial charge >= 0.3 is 0 Å². The average Bonchev–Trinajstić information content (AvgIpc) is 3.01. The fraction of sp³-hybridized carbons (Fsp3) is 0.588. The lowest BCUT2D eigenvalue weighted by atomic mass is 9.89. The summed E-state index contributed by atoms with van der Waals surface area (Å²) >= 11 is 0. The van der Waals surface area contributed by atoms with Gasteiger partial charge in [-0.15, -0.1) is 0 Å². The molecule has 3 heteroatoms. The first-order chi connectivity index (χ1) is 9.75. The van der Waals surface area contributed by atoms with E-state index in [9.17, 15) is 4.79 Å². The third-order valence-electron chi connectivity index (χ3n) is 4.89. The highest BCUT2D eigenvalue weighted by molar-refractivity contribution is 5.84. The van der Waals surface area contributed by atoms with Gasteiger partial charge in [-0.1, -0.05) is 37.1 Å². The molecule has 2 N–H and O–H groups in total. The van der Waals surface area contributed by atoms with E-state index < -0.39 is 0 Å². The molecule has 3 nitrogen and oxygen atoms in total. The Bertz CT molecular complexity index is 480. The molecule has 3 rings (SSSR count). The molecule has 1 aliphatic heterocycles. The van der Waals surface area contributed by atoms with Gasteiger partial charge in [-0.05, 0) is 36.8 Å². The van der Waals surface area contributed by atoms with Crippen LogP contribution in [-0.2, 0) is 11.3 Å². The molecule has 0 bridgehead atoms. The largest absolute Gasteiger partial charge is 0.353 e. The number of carbonyl (C=O) groups excluding carboxylic acids is 1. The molecule has 1 amide bonds. The van der Waals surface area contributed by atoms with Crippen molar-refractivity contribution >= 4 is 5.91 Å². The molecule has 0 saturated heterocycles. The summed E-state index contributed by atoms with van der Waals surface area (Å²) in [6.07, 6.45) is 5.17. The number of carbonyl (C=O) groups is 1. The highest BCUT2D eigenvalue weighted by Crippen LogP contribution is 2.29. The maximum atomic E-state index is 12.6. The summed E-state index contributed by atoms with van der Waals surface area (Å²) in [4.78, 5) is 12.6. The molecular formula is C17H24N2O. The predicted molar refractivity (Wildman–Crippen MR) is 80.5 cm³/mol. The minimum absolute atomic E-state index is 0.0381. The summed E-state index contributed by atoms with van der Waals surface area (Å²) in [7, 11) is 0. The topological polar surface area (TPSA) is 41.1 Å². The lowest BCUT2D eigenvalue weighted by Gasteiger charge is -2.28. The van der Waals surface area contributed by atoms with Crippen molar-refractivity contribution in [2.75, 3.05) is 6.54 Å². The fourth-order valence-electron chi connectivity index (χ4n) is 3.63. The molecule has 1 aromatic rings. The molecule has 1 aliphatic carbocycles. The lowest BCUT2D eigenvalue weighted by molar-refractivity contribution is -0.123. The van der Waals surface area contributed by atoms with Crippen molar-refractivity contribution in [3.63, 3.8) is 0 Å². The van der Waals surface area contributed by atoms with Crippen molar-refractivity contribution in [1.29, 1.82) is 0 Å². The maximum absolute atomic E-state index is 12.6. The van der Waals surface area contributed by atoms with Gasteiger partial charge in [0.25, 0.3) is 0 Å². The fourth-order valence-corrected chi connectivity index (χ4v) is 3.63. The molecule has 1 aromatic carbocycles. The van der Waals surface area contributed by atoms with E-state index in [1.165, 1.54) is 36.8 Å². The second kappa shape index (κ2) is 5.96. The van der Waals surface area contributed by atoms with Crippen molar-refractivity contribution in [2.24, 2.45) is 5.92 Å². The minimum atomic E-state index is -0.0381. The number of rotatable bonds is 3. The Morgan fingerprint density at radius 2 is 2.05 bits per heavy atom. The summed E-state index contributed by atoms with van der Waals surface area (Å²) in [6, 6.07) is 8.59. The van der Waals surface area contributed by atoms with E-state index in [0.29, 0.717) is 12.0 Å². The van der Waals surface area contributed by atoms with Crippen molar-refractivity contribution in [3.8, 4) is 0 Å². The van der Waals surface area contributed by atoms with Crippen molar-refractivity contribution in [2.45, 2.75) is 51.1 Å². The summed E-state index contributed by atoms with van der Waals surface area (Å²) < 4.78 is 0. The molecule has 108 valence electrons. The van der Waals surface area contributed by atoms with Crippen LogP contribution in [0.25, 0.3) is 0 Å². The zero-order chi connectivity index (χ0) is 13.9. The number of hydrogen-bond acceptors (Lipinski definition) is 2. The van der Waals surface area contributed by atoms with Crippen LogP contribution in [0.4, 0.5) is 0 Å². The van der Waals surface area contributed by atoms with Gasteiger partial charge in [0.05, 0.1) is 5.92 Å². The Morgan fingerprint density at radius 1 is 1.30 bits per heavy atom. The van der Waals surface area contributed by atoms with E-state index in [2.05, 4.69) is 29.7 Å². The monoisotopic (exact) mass is 272 g/mol. The van der Waals surface area contributed by atoms with Gasteiger partial charge in [-0.3, -0.25) is 4.79 Å². The normalized spacial score (nSPS) is 24.1. The Morgan fingerprint density at radius 3 is 2.85 bits per heavy atom. The molecule has 0 spiro atoms. The Kier molecular flexibility index (Phi) is 4.06. The Labute approximate surface area is 121 Å². The van der Waals surface area contributed by atoms with Crippen LogP contribution in [0.15, 0.2) is 24.3 Å². The van der Waals surface area contributed by atoms with Gasteiger partial charge in [0.2, 0.25) is 5.91 Å². The van der Waals surface area contributed by atoms with Crippen molar-refractivity contribution in [1.82, 2.24) is 10.6 Å². The zero-order valence-corrected chi connectivity index (χ0v) is 12.2. The highest BCUT2D eigenvalue weighted by atomic mass is 16.2. The number of nitrogens with one attached hydrogen (secondary N) is 2. The van der Waals surface area contributed by atoms with Crippen LogP contribution in [0.1, 0.15) is 49.7 Å². The molecular weight excluding hydrogens is 248 g/mol. The molecule has 2 atom stereocenters. The second-order valence-corrected chi connectivity index (χ2v) is 6.22. The molecule has 1 heterocycles. The van der Waals surface area contributed by atoms with E-state index >= 15 is 0 Å². The van der Waals surface area contributed by atoms with Crippen molar-refractivity contribution in [3.05, 3.63) is 35.4 Å². The van der Waals surface area contributed by atoms with E-state index in [0.717, 1.165) is 13.1 Å². The Hall–Kier alpha value is -1.35. The zero-order valence-electron chi connectivity index (χ0n) is 12.2. The molecule has 1 unspecified atom stereocenters. The van der Waals surface area contributed by atoms with Gasteiger partial charge < -0.3 is 10.6 Å². The molecule has 0 aromatic heterocycles. The Balaban J connectivity index is 1.68. The van der Waals surface area contributed by atoms with Gasteiger partial charge in [-0.25, -0.2) is 0 Å². The molecule has 20 heavy (non-hydrogen) atoms. The summed E-state index contributed by atoms with van der Waals surface area (Å²) in [5.74, 6) is 0.818. The first kappa shape index (κ1) is 13.6. The van der Waals surface area contributed by atoms with Gasteiger partial charge in [0.1, 0.15) is 0 Å². The number of fused-ring (bicyclic) bond motifs is 1. The van der Waals surface area contributed by atoms with Gasteiger partial charge in [0, 0.05) is 19.1 Å². The average molecular weight is 272 g/mol. The number of hydrogen-bond donors (Lipinski definition) is 2. The highest BCUT2D eigenvalue weighted by Gasteiger charge is 2.29. The number of benzene rings is 1. The van der Waals surface area contributed by atoms with E-state index in [4.69, 9.17) is 0 Å². The molecule has 2 aliphatic rings. The summed E-state index contributed by atoms with van der Waals surface area (Å²) in [5.41, 5.74) is 2.45. The van der Waals surface area contributed by atoms with Crippen LogP contribution >= 0.6 is 0 Å². The quantitative estimate of drug-likeness (QED) is 0.888. The lowest BCUT2D eigenvalue weighted by Crippen LogP contribution is -2.44. The van der Waals surface area contributed by atoms with Crippen LogP contribution in [0.2, 0.25) is 0 Å². The maximum Gasteiger partial charge on any atom is 0.229 e. The first-order valence-corrected chi connectivity index (χ1v) is 7.84. The van der Waals surface area contributed by atoms with Crippen LogP contribution in [0, 0.1) is 5.92 Å². The van der Waals surface area contributed by atoms with Gasteiger partial charge in [0.15, 0.2) is 0 Å². The van der Waals surface area contributed by atoms with Gasteiger partial charge in [-0.2, -0.15) is 0 Å². The standard InChI is InChI=1S/C17H24N2O/c1-12(13-6-2-3-7-13)19-17(20)16-11-18-10-14-8-4-5-9-15(14)16/h4-5,8-9,12-13,16,18H,2-3,6-7,10-11H2,1H3,(H,19,20)/t12-,16?/m1/s1. The molecule has 0 radical (unpaired) electrons. The van der Waals surface area contributed by atoms with E-state index in [1.807, 2.05) is 12.1 Å². The first-order valence-electron chi connectivity index (χ1n) is 7.84. The second-order valence-electron chi connectivity index (χ2n) is 6.22. The van der Waals surface area contributed by atoms with E-state index in [1.54, 1.807) is 0 Å². The van der Waals surface area contributed by atoms with Crippen molar-refractivity contribution < 1.29 is 4.79 Å². The minimum Gasteiger partial charge on any atom is -0.353 e. The van der Waals surface area contributed by atoms with E-state index in [-0.39, 0.29) is 11.8 Å². The third kappa shape index (κ3) is 2.73. The molecule has 1 fully saturated rings. The van der Waals surface area contributed by atoms with Crippen LogP contribution in [-0.4, -0.2) is 18.5 Å². The summed E-state index contributed by atoms with van der Waals surface area (Å²) in [5, 5.41) is 6.61. The SMILES string of the molecule is C[C@@H](NC(=O)C1CNCc2ccccc21)C1CCCC1. The predicted octanol–water partition coefficient (Wildman–Crippen LogP) is 2.57. The summed E-state index contributed by atoms with van der Waals surface area (Å²) in [6.45, 7) is 3.79. The van der Waals surface area contributed by atoms with Crippen LogP contribution in [0.5, 0.6) is 0 Å². The molecule has 1 saturated carbocycles. The third-order valence-corrected chi connectivity index (χ3v) is 4.89. The van der Waals surface area contributed by atoms with Crippen LogP contribution in [0.3, 0.4) is 0 Å². The van der Waals surface area contributed by atoms with Crippen LogP contribution < -0.4 is 10.6 Å².